The minimum absolute atomic E-state index is 0.0220. The molecule has 0 N–H and O–H groups in total. The van der Waals surface area contributed by atoms with Gasteiger partial charge >= 0.3 is 5.63 Å². The molecule has 1 saturated heterocycles. The molecule has 6 nitrogen and oxygen atoms in total. The summed E-state index contributed by atoms with van der Waals surface area (Å²) in [4.78, 5) is 29.5. The third-order valence-corrected chi connectivity index (χ3v) is 6.59. The van der Waals surface area contributed by atoms with Gasteiger partial charge in [0, 0.05) is 60.7 Å². The van der Waals surface area contributed by atoms with Crippen molar-refractivity contribution < 1.29 is 18.0 Å². The van der Waals surface area contributed by atoms with Crippen molar-refractivity contribution in [3.63, 3.8) is 0 Å². The largest absolute Gasteiger partial charge is 0.464 e. The molecule has 170 valence electrons. The predicted molar refractivity (Wildman–Crippen MR) is 125 cm³/mol. The van der Waals surface area contributed by atoms with Crippen molar-refractivity contribution in [1.82, 2.24) is 4.90 Å². The van der Waals surface area contributed by atoms with Crippen molar-refractivity contribution in [2.24, 2.45) is 0 Å². The standard InChI is InChI=1S/C26H25FN2O4/c1-16-15-32-23-14-24-22(13-21(16)23)17(2)20(26(31)33-24)7-8-25(30)29-11-9-28(10-12-29)19-5-3-18(27)4-6-19/h3-6,13-15H,7-12H2,1-2H3. The number of hydrogen-bond acceptors (Lipinski definition) is 5. The highest BCUT2D eigenvalue weighted by atomic mass is 19.1. The molecule has 4 aromatic rings. The van der Waals surface area contributed by atoms with Crippen LogP contribution < -0.4 is 10.5 Å². The third kappa shape index (κ3) is 3.99. The van der Waals surface area contributed by atoms with E-state index in [1.165, 1.54) is 12.1 Å². The van der Waals surface area contributed by atoms with Gasteiger partial charge in [0.05, 0.1) is 6.26 Å². The Morgan fingerprint density at radius 1 is 1.00 bits per heavy atom. The summed E-state index contributed by atoms with van der Waals surface area (Å²) in [6.45, 7) is 6.45. The summed E-state index contributed by atoms with van der Waals surface area (Å²) >= 11 is 0. The Morgan fingerprint density at radius 2 is 1.73 bits per heavy atom. The van der Waals surface area contributed by atoms with Crippen molar-refractivity contribution in [3.05, 3.63) is 75.6 Å². The van der Waals surface area contributed by atoms with E-state index >= 15 is 0 Å². The number of benzene rings is 2. The fourth-order valence-electron chi connectivity index (χ4n) is 4.58. The number of carbonyl (C=O) groups is 1. The van der Waals surface area contributed by atoms with Crippen LogP contribution in [0.3, 0.4) is 0 Å². The molecule has 1 aliphatic rings. The lowest BCUT2D eigenvalue weighted by atomic mass is 10.0. The van der Waals surface area contributed by atoms with Crippen LogP contribution in [0.2, 0.25) is 0 Å². The molecule has 0 unspecified atom stereocenters. The first-order valence-corrected chi connectivity index (χ1v) is 11.1. The van der Waals surface area contributed by atoms with Crippen LogP contribution in [0.25, 0.3) is 21.9 Å². The molecular formula is C26H25FN2O4. The molecule has 1 fully saturated rings. The minimum Gasteiger partial charge on any atom is -0.464 e. The molecule has 0 spiro atoms. The van der Waals surface area contributed by atoms with Gasteiger partial charge in [-0.2, -0.15) is 0 Å². The number of fused-ring (bicyclic) bond motifs is 2. The van der Waals surface area contributed by atoms with E-state index in [9.17, 15) is 14.0 Å². The maximum atomic E-state index is 13.2. The highest BCUT2D eigenvalue weighted by molar-refractivity contribution is 5.96. The first-order valence-electron chi connectivity index (χ1n) is 11.1. The number of rotatable bonds is 4. The van der Waals surface area contributed by atoms with Gasteiger partial charge in [-0.05, 0) is 61.7 Å². The van der Waals surface area contributed by atoms with Crippen molar-refractivity contribution in [3.8, 4) is 0 Å². The van der Waals surface area contributed by atoms with E-state index in [0.29, 0.717) is 49.3 Å². The van der Waals surface area contributed by atoms with Gasteiger partial charge < -0.3 is 18.6 Å². The van der Waals surface area contributed by atoms with Crippen molar-refractivity contribution >= 4 is 33.5 Å². The second kappa shape index (κ2) is 8.39. The van der Waals surface area contributed by atoms with Gasteiger partial charge in [-0.15, -0.1) is 0 Å². The molecule has 2 aromatic heterocycles. The number of piperazine rings is 1. The van der Waals surface area contributed by atoms with Gasteiger partial charge in [0.2, 0.25) is 5.91 Å². The maximum Gasteiger partial charge on any atom is 0.339 e. The van der Waals surface area contributed by atoms with Gasteiger partial charge in [0.1, 0.15) is 17.0 Å². The quantitative estimate of drug-likeness (QED) is 0.428. The Kier molecular flexibility index (Phi) is 5.40. The SMILES string of the molecule is Cc1coc2cc3oc(=O)c(CCC(=O)N4CCN(c5ccc(F)cc5)CC4)c(C)c3cc12. The zero-order chi connectivity index (χ0) is 23.1. The molecule has 0 bridgehead atoms. The number of carbonyl (C=O) groups excluding carboxylic acids is 1. The summed E-state index contributed by atoms with van der Waals surface area (Å²) in [5, 5.41) is 1.85. The highest BCUT2D eigenvalue weighted by Crippen LogP contribution is 2.29. The summed E-state index contributed by atoms with van der Waals surface area (Å²) < 4.78 is 24.2. The van der Waals surface area contributed by atoms with E-state index in [4.69, 9.17) is 8.83 Å². The topological polar surface area (TPSA) is 66.9 Å². The normalized spacial score (nSPS) is 14.4. The Morgan fingerprint density at radius 3 is 2.45 bits per heavy atom. The van der Waals surface area contributed by atoms with Gasteiger partial charge in [-0.3, -0.25) is 4.79 Å². The van der Waals surface area contributed by atoms with Crippen LogP contribution in [-0.4, -0.2) is 37.0 Å². The third-order valence-electron chi connectivity index (χ3n) is 6.59. The molecule has 0 saturated carbocycles. The van der Waals surface area contributed by atoms with Crippen LogP contribution in [0.15, 0.2) is 56.3 Å². The summed E-state index contributed by atoms with van der Waals surface area (Å²) in [6.07, 6.45) is 2.27. The Balaban J connectivity index is 1.28. The zero-order valence-corrected chi connectivity index (χ0v) is 18.7. The molecule has 1 amide bonds. The van der Waals surface area contributed by atoms with Gasteiger partial charge in [-0.1, -0.05) is 0 Å². The first-order chi connectivity index (χ1) is 15.9. The number of hydrogen-bond donors (Lipinski definition) is 0. The number of furan rings is 1. The molecule has 33 heavy (non-hydrogen) atoms. The lowest BCUT2D eigenvalue weighted by molar-refractivity contribution is -0.131. The lowest BCUT2D eigenvalue weighted by Gasteiger charge is -2.36. The van der Waals surface area contributed by atoms with Crippen LogP contribution in [-0.2, 0) is 11.2 Å². The van der Waals surface area contributed by atoms with Crippen LogP contribution in [0.5, 0.6) is 0 Å². The molecule has 1 aliphatic heterocycles. The Labute approximate surface area is 190 Å². The summed E-state index contributed by atoms with van der Waals surface area (Å²) in [7, 11) is 0. The molecule has 3 heterocycles. The molecule has 0 atom stereocenters. The van der Waals surface area contributed by atoms with Crippen molar-refractivity contribution in [1.29, 1.82) is 0 Å². The van der Waals surface area contributed by atoms with Crippen LogP contribution in [0.1, 0.15) is 23.1 Å². The second-order valence-corrected chi connectivity index (χ2v) is 8.60. The van der Waals surface area contributed by atoms with Crippen molar-refractivity contribution in [2.75, 3.05) is 31.1 Å². The van der Waals surface area contributed by atoms with Crippen LogP contribution in [0, 0.1) is 19.7 Å². The van der Waals surface area contributed by atoms with E-state index in [1.807, 2.05) is 24.8 Å². The van der Waals surface area contributed by atoms with Crippen LogP contribution >= 0.6 is 0 Å². The first kappa shape index (κ1) is 21.2. The summed E-state index contributed by atoms with van der Waals surface area (Å²) in [6, 6.07) is 10.1. The molecule has 7 heteroatoms. The van der Waals surface area contributed by atoms with E-state index < -0.39 is 5.63 Å². The lowest BCUT2D eigenvalue weighted by Crippen LogP contribution is -2.48. The smallest absolute Gasteiger partial charge is 0.339 e. The number of amides is 1. The van der Waals surface area contributed by atoms with E-state index in [0.717, 1.165) is 27.6 Å². The number of halogens is 1. The van der Waals surface area contributed by atoms with Crippen molar-refractivity contribution in [2.45, 2.75) is 26.7 Å². The average molecular weight is 448 g/mol. The van der Waals surface area contributed by atoms with Crippen LogP contribution in [0.4, 0.5) is 10.1 Å². The molecule has 2 aromatic carbocycles. The monoisotopic (exact) mass is 448 g/mol. The Bertz CT molecular complexity index is 1400. The predicted octanol–water partition coefficient (Wildman–Crippen LogP) is 4.58. The zero-order valence-electron chi connectivity index (χ0n) is 18.7. The summed E-state index contributed by atoms with van der Waals surface area (Å²) in [5.74, 6) is -0.237. The fraction of sp³-hybridized carbons (Fsp3) is 0.308. The molecule has 5 rings (SSSR count). The fourth-order valence-corrected chi connectivity index (χ4v) is 4.58. The molecule has 0 radical (unpaired) electrons. The number of aryl methyl sites for hydroxylation is 2. The van der Waals surface area contributed by atoms with Gasteiger partial charge in [0.15, 0.2) is 0 Å². The molecular weight excluding hydrogens is 423 g/mol. The average Bonchev–Trinajstić information content (AvgIpc) is 3.18. The number of nitrogens with zero attached hydrogens (tertiary/aromatic N) is 2. The Hall–Kier alpha value is -3.61. The maximum absolute atomic E-state index is 13.2. The number of anilines is 1. The van der Waals surface area contributed by atoms with E-state index in [-0.39, 0.29) is 18.1 Å². The highest BCUT2D eigenvalue weighted by Gasteiger charge is 2.22. The minimum atomic E-state index is -0.406. The van der Waals surface area contributed by atoms with E-state index in [1.54, 1.807) is 24.5 Å². The van der Waals surface area contributed by atoms with Gasteiger partial charge in [0.25, 0.3) is 0 Å². The molecule has 0 aliphatic carbocycles. The van der Waals surface area contributed by atoms with Gasteiger partial charge in [-0.25, -0.2) is 9.18 Å². The summed E-state index contributed by atoms with van der Waals surface area (Å²) in [5.41, 5.74) is 4.14. The van der Waals surface area contributed by atoms with E-state index in [2.05, 4.69) is 4.90 Å². The second-order valence-electron chi connectivity index (χ2n) is 8.60.